The van der Waals surface area contributed by atoms with Gasteiger partial charge in [0.1, 0.15) is 0 Å². The van der Waals surface area contributed by atoms with Crippen LogP contribution in [0.1, 0.15) is 52.4 Å². The number of aliphatic carboxylic acids is 1. The normalized spacial score (nSPS) is 12.0. The van der Waals surface area contributed by atoms with E-state index in [0.717, 1.165) is 6.42 Å². The maximum absolute atomic E-state index is 10.6. The summed E-state index contributed by atoms with van der Waals surface area (Å²) in [6.07, 6.45) is 2.53. The summed E-state index contributed by atoms with van der Waals surface area (Å²) in [6.45, 7) is 4.22. The zero-order chi connectivity index (χ0) is 14.6. The summed E-state index contributed by atoms with van der Waals surface area (Å²) in [5.74, 6) is -2.50. The van der Waals surface area contributed by atoms with E-state index in [-0.39, 0.29) is 5.92 Å². The van der Waals surface area contributed by atoms with Gasteiger partial charge in [-0.25, -0.2) is 4.79 Å². The van der Waals surface area contributed by atoms with Gasteiger partial charge in [-0.3, -0.25) is 0 Å². The molecule has 0 rings (SSSR count). The molecule has 3 nitrogen and oxygen atoms in total. The lowest BCUT2D eigenvalue weighted by Crippen LogP contribution is -2.21. The van der Waals surface area contributed by atoms with Gasteiger partial charge in [0.15, 0.2) is 0 Å². The predicted molar refractivity (Wildman–Crippen MR) is 61.8 cm³/mol. The lowest BCUT2D eigenvalue weighted by molar-refractivity contribution is -0.192. The zero-order valence-electron chi connectivity index (χ0n) is 10.8. The van der Waals surface area contributed by atoms with Crippen LogP contribution in [0.4, 0.5) is 13.2 Å². The van der Waals surface area contributed by atoms with Crippen LogP contribution in [0.5, 0.6) is 0 Å². The quantitative estimate of drug-likeness (QED) is 0.736. The van der Waals surface area contributed by atoms with E-state index in [0.29, 0.717) is 0 Å². The number of alkyl halides is 3. The summed E-state index contributed by atoms with van der Waals surface area (Å²) in [5.41, 5.74) is 0. The first-order chi connectivity index (χ1) is 8.25. The number of rotatable bonds is 6. The first-order valence-corrected chi connectivity index (χ1v) is 5.95. The maximum Gasteiger partial charge on any atom is 0.490 e. The second kappa shape index (κ2) is 10.9. The molecule has 1 N–H and O–H groups in total. The molecule has 0 aromatic carbocycles. The van der Waals surface area contributed by atoms with Crippen LogP contribution in [0.15, 0.2) is 0 Å². The van der Waals surface area contributed by atoms with Crippen LogP contribution < -0.4 is 0 Å². The first kappa shape index (κ1) is 19.1. The second-order valence-electron chi connectivity index (χ2n) is 4.04. The molecule has 0 aromatic heterocycles. The Bertz CT molecular complexity index is 259. The fourth-order valence-corrected chi connectivity index (χ4v) is 1.12. The van der Waals surface area contributed by atoms with Crippen LogP contribution in [-0.4, -0.2) is 17.3 Å². The van der Waals surface area contributed by atoms with Gasteiger partial charge in [-0.05, 0) is 13.3 Å². The summed E-state index contributed by atoms with van der Waals surface area (Å²) in [6, 6.07) is 2.26. The molecule has 0 aliphatic carbocycles. The highest BCUT2D eigenvalue weighted by atomic mass is 19.4. The number of carboxylic acid groups (broad SMARTS) is 1. The second-order valence-corrected chi connectivity index (χ2v) is 4.04. The SMILES string of the molecule is CCCCCCCC(C)C#N.O=C(O)C(F)(F)F. The van der Waals surface area contributed by atoms with Gasteiger partial charge in [0, 0.05) is 5.92 Å². The molecule has 1 unspecified atom stereocenters. The van der Waals surface area contributed by atoms with E-state index >= 15 is 0 Å². The molecule has 0 aromatic rings. The van der Waals surface area contributed by atoms with Crippen molar-refractivity contribution in [1.82, 2.24) is 0 Å². The van der Waals surface area contributed by atoms with Crippen molar-refractivity contribution in [1.29, 1.82) is 5.26 Å². The third kappa shape index (κ3) is 14.8. The third-order valence-electron chi connectivity index (χ3n) is 2.20. The van der Waals surface area contributed by atoms with Gasteiger partial charge < -0.3 is 5.11 Å². The number of carboxylic acids is 1. The van der Waals surface area contributed by atoms with Crippen LogP contribution in [0.3, 0.4) is 0 Å². The van der Waals surface area contributed by atoms with Crippen LogP contribution in [0, 0.1) is 17.2 Å². The Morgan fingerprint density at radius 2 is 1.72 bits per heavy atom. The Kier molecular flexibility index (Phi) is 11.5. The van der Waals surface area contributed by atoms with Gasteiger partial charge in [0.2, 0.25) is 0 Å². The van der Waals surface area contributed by atoms with Gasteiger partial charge in [0.25, 0.3) is 0 Å². The summed E-state index contributed by atoms with van der Waals surface area (Å²) in [7, 11) is 0. The molecular weight excluding hydrogens is 247 g/mol. The molecule has 0 bridgehead atoms. The molecule has 0 amide bonds. The van der Waals surface area contributed by atoms with Gasteiger partial charge in [-0.15, -0.1) is 0 Å². The molecule has 106 valence electrons. The maximum atomic E-state index is 10.6. The van der Waals surface area contributed by atoms with E-state index in [1.54, 1.807) is 0 Å². The van der Waals surface area contributed by atoms with Gasteiger partial charge in [-0.1, -0.05) is 39.0 Å². The molecule has 0 saturated heterocycles. The van der Waals surface area contributed by atoms with Crippen molar-refractivity contribution >= 4 is 5.97 Å². The van der Waals surface area contributed by atoms with E-state index in [1.807, 2.05) is 6.92 Å². The minimum absolute atomic E-state index is 0.261. The smallest absolute Gasteiger partial charge is 0.475 e. The van der Waals surface area contributed by atoms with Crippen LogP contribution in [0.2, 0.25) is 0 Å². The number of hydrogen-bond acceptors (Lipinski definition) is 2. The van der Waals surface area contributed by atoms with Crippen LogP contribution in [0.25, 0.3) is 0 Å². The largest absolute Gasteiger partial charge is 0.490 e. The molecule has 0 aliphatic rings. The summed E-state index contributed by atoms with van der Waals surface area (Å²) >= 11 is 0. The number of nitriles is 1. The van der Waals surface area contributed by atoms with Crippen LogP contribution >= 0.6 is 0 Å². The van der Waals surface area contributed by atoms with Crippen molar-refractivity contribution in [2.24, 2.45) is 5.92 Å². The van der Waals surface area contributed by atoms with Crippen LogP contribution in [-0.2, 0) is 4.79 Å². The Labute approximate surface area is 106 Å². The van der Waals surface area contributed by atoms with Gasteiger partial charge in [0.05, 0.1) is 6.07 Å². The fourth-order valence-electron chi connectivity index (χ4n) is 1.12. The number of halogens is 3. The molecule has 1 atom stereocenters. The molecule has 0 spiro atoms. The van der Waals surface area contributed by atoms with Crippen molar-refractivity contribution in [2.45, 2.75) is 58.5 Å². The van der Waals surface area contributed by atoms with E-state index in [9.17, 15) is 13.2 Å². The number of unbranched alkanes of at least 4 members (excludes halogenated alkanes) is 4. The molecule has 0 radical (unpaired) electrons. The highest BCUT2D eigenvalue weighted by Crippen LogP contribution is 2.13. The molecular formula is C12H20F3NO2. The number of carbonyl (C=O) groups is 1. The predicted octanol–water partition coefficient (Wildman–Crippen LogP) is 4.14. The topological polar surface area (TPSA) is 61.1 Å². The highest BCUT2D eigenvalue weighted by Gasteiger charge is 2.38. The average molecular weight is 267 g/mol. The summed E-state index contributed by atoms with van der Waals surface area (Å²) in [5, 5.41) is 15.6. The standard InChI is InChI=1S/C10H19N.C2HF3O2/c1-3-4-5-6-7-8-10(2)9-11;3-2(4,5)1(6)7/h10H,3-8H2,1-2H3;(H,6,7). The lowest BCUT2D eigenvalue weighted by atomic mass is 10.0. The monoisotopic (exact) mass is 267 g/mol. The van der Waals surface area contributed by atoms with Crippen molar-refractivity contribution in [3.8, 4) is 6.07 Å². The number of hydrogen-bond donors (Lipinski definition) is 1. The Balaban J connectivity index is 0. The van der Waals surface area contributed by atoms with E-state index in [1.165, 1.54) is 32.1 Å². The Morgan fingerprint density at radius 3 is 2.06 bits per heavy atom. The molecule has 18 heavy (non-hydrogen) atoms. The molecule has 0 aliphatic heterocycles. The molecule has 0 heterocycles. The molecule has 0 saturated carbocycles. The van der Waals surface area contributed by atoms with E-state index < -0.39 is 12.1 Å². The average Bonchev–Trinajstić information content (AvgIpc) is 2.28. The molecule has 6 heteroatoms. The van der Waals surface area contributed by atoms with E-state index in [2.05, 4.69) is 13.0 Å². The zero-order valence-corrected chi connectivity index (χ0v) is 10.8. The Hall–Kier alpha value is -1.25. The summed E-state index contributed by atoms with van der Waals surface area (Å²) < 4.78 is 31.7. The third-order valence-corrected chi connectivity index (χ3v) is 2.20. The summed E-state index contributed by atoms with van der Waals surface area (Å²) in [4.78, 5) is 8.90. The van der Waals surface area contributed by atoms with Crippen molar-refractivity contribution in [3.63, 3.8) is 0 Å². The van der Waals surface area contributed by atoms with Crippen molar-refractivity contribution in [2.75, 3.05) is 0 Å². The van der Waals surface area contributed by atoms with Crippen molar-refractivity contribution in [3.05, 3.63) is 0 Å². The van der Waals surface area contributed by atoms with Gasteiger partial charge in [-0.2, -0.15) is 18.4 Å². The minimum Gasteiger partial charge on any atom is -0.475 e. The number of nitrogens with zero attached hydrogens (tertiary/aromatic N) is 1. The fraction of sp³-hybridized carbons (Fsp3) is 0.833. The Morgan fingerprint density at radius 1 is 1.28 bits per heavy atom. The highest BCUT2D eigenvalue weighted by molar-refractivity contribution is 5.73. The van der Waals surface area contributed by atoms with Gasteiger partial charge >= 0.3 is 12.1 Å². The first-order valence-electron chi connectivity index (χ1n) is 5.95. The lowest BCUT2D eigenvalue weighted by Gasteiger charge is -2.00. The molecule has 0 fully saturated rings. The minimum atomic E-state index is -5.08. The van der Waals surface area contributed by atoms with E-state index in [4.69, 9.17) is 15.2 Å². The van der Waals surface area contributed by atoms with Crippen molar-refractivity contribution < 1.29 is 23.1 Å².